The van der Waals surface area contributed by atoms with Crippen LogP contribution in [0.5, 0.6) is 5.75 Å². The Morgan fingerprint density at radius 2 is 1.82 bits per heavy atom. The molecule has 6 nitrogen and oxygen atoms in total. The number of carbonyl (C=O) groups excluding carboxylic acids is 3. The molecule has 0 unspecified atom stereocenters. The fraction of sp³-hybridized carbons (Fsp3) is 0.160. The Bertz CT molecular complexity index is 1270. The van der Waals surface area contributed by atoms with Crippen molar-refractivity contribution in [2.75, 3.05) is 11.9 Å². The van der Waals surface area contributed by atoms with Gasteiger partial charge in [0.2, 0.25) is 5.91 Å². The number of thioether (sulfide) groups is 1. The lowest BCUT2D eigenvalue weighted by Gasteiger charge is -2.15. The molecule has 1 aliphatic heterocycles. The molecular formula is C25H21ClN2O4S. The van der Waals surface area contributed by atoms with Crippen LogP contribution in [0.2, 0.25) is 5.02 Å². The number of benzene rings is 3. The molecule has 0 bridgehead atoms. The number of amides is 3. The average molecular weight is 481 g/mol. The molecule has 1 aliphatic rings. The second-order valence-electron chi connectivity index (χ2n) is 7.69. The van der Waals surface area contributed by atoms with Gasteiger partial charge >= 0.3 is 0 Å². The SMILES string of the molecule is CC(C)Oc1ccc2ccccc2c1/C=C1\SC(=O)N(CC(=O)Nc2ccc(Cl)cc2)C1=O. The van der Waals surface area contributed by atoms with Crippen LogP contribution >= 0.6 is 23.4 Å². The Balaban J connectivity index is 1.59. The molecule has 1 saturated heterocycles. The molecule has 0 spiro atoms. The summed E-state index contributed by atoms with van der Waals surface area (Å²) < 4.78 is 5.95. The molecule has 0 atom stereocenters. The van der Waals surface area contributed by atoms with Crippen molar-refractivity contribution in [3.63, 3.8) is 0 Å². The summed E-state index contributed by atoms with van der Waals surface area (Å²) in [5, 5.41) is 4.60. The van der Waals surface area contributed by atoms with Crippen LogP contribution in [0, 0.1) is 0 Å². The number of halogens is 1. The first-order valence-electron chi connectivity index (χ1n) is 10.3. The van der Waals surface area contributed by atoms with Crippen LogP contribution in [-0.4, -0.2) is 34.6 Å². The monoisotopic (exact) mass is 480 g/mol. The molecule has 0 radical (unpaired) electrons. The third kappa shape index (κ3) is 5.21. The second-order valence-corrected chi connectivity index (χ2v) is 9.12. The lowest BCUT2D eigenvalue weighted by molar-refractivity contribution is -0.127. The summed E-state index contributed by atoms with van der Waals surface area (Å²) in [4.78, 5) is 39.1. The zero-order chi connectivity index (χ0) is 23.5. The van der Waals surface area contributed by atoms with Crippen molar-refractivity contribution in [2.24, 2.45) is 0 Å². The van der Waals surface area contributed by atoms with E-state index in [1.165, 1.54) is 0 Å². The van der Waals surface area contributed by atoms with Crippen molar-refractivity contribution in [2.45, 2.75) is 20.0 Å². The summed E-state index contributed by atoms with van der Waals surface area (Å²) in [6.07, 6.45) is 1.60. The van der Waals surface area contributed by atoms with Crippen molar-refractivity contribution in [1.29, 1.82) is 0 Å². The maximum atomic E-state index is 13.0. The zero-order valence-corrected chi connectivity index (χ0v) is 19.6. The number of nitrogens with one attached hydrogen (secondary N) is 1. The number of fused-ring (bicyclic) bond motifs is 1. The highest BCUT2D eigenvalue weighted by Crippen LogP contribution is 2.37. The Hall–Kier alpha value is -3.29. The Kier molecular flexibility index (Phi) is 6.72. The minimum absolute atomic E-state index is 0.0649. The fourth-order valence-electron chi connectivity index (χ4n) is 3.43. The predicted octanol–water partition coefficient (Wildman–Crippen LogP) is 5.96. The third-order valence-electron chi connectivity index (χ3n) is 4.87. The molecule has 4 rings (SSSR count). The molecule has 3 amide bonds. The molecule has 0 saturated carbocycles. The molecule has 3 aromatic rings. The van der Waals surface area contributed by atoms with Gasteiger partial charge in [-0.1, -0.05) is 41.9 Å². The number of carbonyl (C=O) groups is 3. The Morgan fingerprint density at radius 3 is 2.55 bits per heavy atom. The number of rotatable bonds is 6. The van der Waals surface area contributed by atoms with Crippen molar-refractivity contribution in [3.05, 3.63) is 76.2 Å². The van der Waals surface area contributed by atoms with E-state index in [-0.39, 0.29) is 17.6 Å². The first-order valence-corrected chi connectivity index (χ1v) is 11.5. The van der Waals surface area contributed by atoms with Crippen molar-refractivity contribution in [1.82, 2.24) is 4.90 Å². The molecule has 1 fully saturated rings. The van der Waals surface area contributed by atoms with E-state index in [2.05, 4.69) is 5.32 Å². The van der Waals surface area contributed by atoms with Crippen LogP contribution in [-0.2, 0) is 9.59 Å². The first kappa shape index (κ1) is 22.9. The molecule has 168 valence electrons. The van der Waals surface area contributed by atoms with Crippen molar-refractivity contribution in [3.8, 4) is 5.75 Å². The molecule has 3 aromatic carbocycles. The smallest absolute Gasteiger partial charge is 0.294 e. The maximum Gasteiger partial charge on any atom is 0.294 e. The standard InChI is InChI=1S/C25H21ClN2O4S/c1-15(2)32-21-12-7-16-5-3-4-6-19(16)20(21)13-22-24(30)28(25(31)33-22)14-23(29)27-18-10-8-17(26)9-11-18/h3-13,15H,14H2,1-2H3,(H,27,29)/b22-13-. The molecule has 0 aliphatic carbocycles. The number of hydrogen-bond acceptors (Lipinski definition) is 5. The van der Waals surface area contributed by atoms with Crippen LogP contribution < -0.4 is 10.1 Å². The van der Waals surface area contributed by atoms with Gasteiger partial charge in [-0.15, -0.1) is 0 Å². The van der Waals surface area contributed by atoms with Gasteiger partial charge in [0.25, 0.3) is 11.1 Å². The lowest BCUT2D eigenvalue weighted by Crippen LogP contribution is -2.36. The third-order valence-corrected chi connectivity index (χ3v) is 6.03. The highest BCUT2D eigenvalue weighted by molar-refractivity contribution is 8.18. The average Bonchev–Trinajstić information content (AvgIpc) is 3.04. The van der Waals surface area contributed by atoms with Crippen LogP contribution in [0.15, 0.2) is 65.6 Å². The summed E-state index contributed by atoms with van der Waals surface area (Å²) in [5.41, 5.74) is 1.25. The van der Waals surface area contributed by atoms with Gasteiger partial charge in [0.05, 0.1) is 11.0 Å². The Labute approximate surface area is 200 Å². The summed E-state index contributed by atoms with van der Waals surface area (Å²) in [6.45, 7) is 3.47. The van der Waals surface area contributed by atoms with Gasteiger partial charge in [0, 0.05) is 16.3 Å². The second kappa shape index (κ2) is 9.68. The summed E-state index contributed by atoms with van der Waals surface area (Å²) >= 11 is 6.66. The highest BCUT2D eigenvalue weighted by atomic mass is 35.5. The zero-order valence-electron chi connectivity index (χ0n) is 18.0. The fourth-order valence-corrected chi connectivity index (χ4v) is 4.37. The van der Waals surface area contributed by atoms with Crippen molar-refractivity contribution < 1.29 is 19.1 Å². The van der Waals surface area contributed by atoms with E-state index in [4.69, 9.17) is 16.3 Å². The lowest BCUT2D eigenvalue weighted by atomic mass is 10.0. The van der Waals surface area contributed by atoms with Crippen LogP contribution in [0.25, 0.3) is 16.8 Å². The summed E-state index contributed by atoms with van der Waals surface area (Å²) in [5.74, 6) is -0.370. The predicted molar refractivity (Wildman–Crippen MR) is 132 cm³/mol. The van der Waals surface area contributed by atoms with E-state index in [0.717, 1.165) is 33.0 Å². The normalized spacial score (nSPS) is 15.0. The first-order chi connectivity index (χ1) is 15.8. The molecular weight excluding hydrogens is 460 g/mol. The van der Waals surface area contributed by atoms with Gasteiger partial charge in [-0.05, 0) is 72.8 Å². The minimum Gasteiger partial charge on any atom is -0.490 e. The molecule has 33 heavy (non-hydrogen) atoms. The van der Waals surface area contributed by atoms with Gasteiger partial charge in [-0.2, -0.15) is 0 Å². The minimum atomic E-state index is -0.514. The number of ether oxygens (including phenoxy) is 1. The van der Waals surface area contributed by atoms with Gasteiger partial charge < -0.3 is 10.1 Å². The molecule has 0 aromatic heterocycles. The van der Waals surface area contributed by atoms with E-state index in [0.29, 0.717) is 16.5 Å². The van der Waals surface area contributed by atoms with E-state index < -0.39 is 17.1 Å². The van der Waals surface area contributed by atoms with E-state index in [1.807, 2.05) is 50.2 Å². The number of nitrogens with zero attached hydrogens (tertiary/aromatic N) is 1. The van der Waals surface area contributed by atoms with Gasteiger partial charge in [-0.3, -0.25) is 19.3 Å². The van der Waals surface area contributed by atoms with E-state index in [9.17, 15) is 14.4 Å². The molecule has 1 N–H and O–H groups in total. The molecule has 1 heterocycles. The van der Waals surface area contributed by atoms with E-state index >= 15 is 0 Å². The van der Waals surface area contributed by atoms with Crippen molar-refractivity contribution >= 4 is 63.0 Å². The maximum absolute atomic E-state index is 13.0. The topological polar surface area (TPSA) is 75.7 Å². The molecule has 8 heteroatoms. The largest absolute Gasteiger partial charge is 0.490 e. The number of anilines is 1. The van der Waals surface area contributed by atoms with Crippen LogP contribution in [0.1, 0.15) is 19.4 Å². The number of imide groups is 1. The number of hydrogen-bond donors (Lipinski definition) is 1. The Morgan fingerprint density at radius 1 is 1.09 bits per heavy atom. The summed E-state index contributed by atoms with van der Waals surface area (Å²) in [6, 6.07) is 18.1. The van der Waals surface area contributed by atoms with Gasteiger partial charge in [-0.25, -0.2) is 0 Å². The van der Waals surface area contributed by atoms with Crippen LogP contribution in [0.4, 0.5) is 10.5 Å². The van der Waals surface area contributed by atoms with Crippen LogP contribution in [0.3, 0.4) is 0 Å². The quantitative estimate of drug-likeness (QED) is 0.441. The van der Waals surface area contributed by atoms with Gasteiger partial charge in [0.15, 0.2) is 0 Å². The summed E-state index contributed by atoms with van der Waals surface area (Å²) in [7, 11) is 0. The van der Waals surface area contributed by atoms with E-state index in [1.54, 1.807) is 30.3 Å². The highest BCUT2D eigenvalue weighted by Gasteiger charge is 2.36. The van der Waals surface area contributed by atoms with Gasteiger partial charge in [0.1, 0.15) is 12.3 Å².